The van der Waals surface area contributed by atoms with Crippen LogP contribution in [-0.2, 0) is 16.1 Å². The Bertz CT molecular complexity index is 1250. The van der Waals surface area contributed by atoms with E-state index in [4.69, 9.17) is 9.72 Å². The van der Waals surface area contributed by atoms with E-state index in [9.17, 15) is 14.4 Å². The minimum Gasteiger partial charge on any atom is -0.379 e. The van der Waals surface area contributed by atoms with Crippen LogP contribution in [0.25, 0.3) is 10.9 Å². The molecule has 4 rings (SSSR count). The van der Waals surface area contributed by atoms with Crippen LogP contribution in [0.2, 0.25) is 0 Å². The molecule has 8 nitrogen and oxygen atoms in total. The van der Waals surface area contributed by atoms with E-state index in [1.807, 2.05) is 25.1 Å². The topological polar surface area (TPSA) is 93.5 Å². The number of aromatic nitrogens is 2. The Hall–Kier alpha value is -3.01. The van der Waals surface area contributed by atoms with Crippen molar-refractivity contribution in [2.75, 3.05) is 38.2 Å². The number of benzene rings is 2. The molecule has 1 saturated heterocycles. The molecule has 0 radical (unpaired) electrons. The molecule has 2 aromatic carbocycles. The maximum atomic E-state index is 13.3. The molecule has 0 aliphatic carbocycles. The van der Waals surface area contributed by atoms with Gasteiger partial charge in [-0.25, -0.2) is 4.98 Å². The lowest BCUT2D eigenvalue weighted by Gasteiger charge is -2.26. The summed E-state index contributed by atoms with van der Waals surface area (Å²) in [5, 5.41) is 3.38. The Balaban J connectivity index is 1.53. The fraction of sp³-hybridized carbons (Fsp3) is 0.385. The van der Waals surface area contributed by atoms with Crippen LogP contribution < -0.4 is 10.9 Å². The number of thioether (sulfide) groups is 1. The number of hydrogen-bond acceptors (Lipinski definition) is 7. The highest BCUT2D eigenvalue weighted by Gasteiger charge is 2.21. The lowest BCUT2D eigenvalue weighted by atomic mass is 10.1. The van der Waals surface area contributed by atoms with E-state index in [1.54, 1.807) is 34.9 Å². The number of para-hydroxylation sites is 1. The van der Waals surface area contributed by atoms with E-state index in [0.717, 1.165) is 39.3 Å². The van der Waals surface area contributed by atoms with E-state index >= 15 is 0 Å². The van der Waals surface area contributed by atoms with Gasteiger partial charge in [0.1, 0.15) is 0 Å². The summed E-state index contributed by atoms with van der Waals surface area (Å²) < 4.78 is 7.12. The van der Waals surface area contributed by atoms with Gasteiger partial charge >= 0.3 is 0 Å². The predicted octanol–water partition coefficient (Wildman–Crippen LogP) is 3.44. The third-order valence-electron chi connectivity index (χ3n) is 5.93. The lowest BCUT2D eigenvalue weighted by Crippen LogP contribution is -2.37. The number of rotatable bonds is 9. The molecule has 9 heteroatoms. The third-order valence-corrected chi connectivity index (χ3v) is 7.02. The zero-order chi connectivity index (χ0) is 24.8. The number of Topliss-reactive ketones (excluding diaryl/α,β-unsaturated/α-hetero) is 1. The van der Waals surface area contributed by atoms with Crippen LogP contribution in [0.4, 0.5) is 5.69 Å². The van der Waals surface area contributed by atoms with Crippen molar-refractivity contribution in [3.05, 3.63) is 64.4 Å². The second-order valence-electron chi connectivity index (χ2n) is 8.56. The number of amides is 1. The van der Waals surface area contributed by atoms with E-state index in [2.05, 4.69) is 10.2 Å². The highest BCUT2D eigenvalue weighted by Crippen LogP contribution is 2.26. The second kappa shape index (κ2) is 11.6. The summed E-state index contributed by atoms with van der Waals surface area (Å²) >= 11 is 1.30. The minimum atomic E-state index is -0.444. The van der Waals surface area contributed by atoms with Crippen LogP contribution in [0.3, 0.4) is 0 Å². The number of carbonyl (C=O) groups is 2. The van der Waals surface area contributed by atoms with E-state index in [1.165, 1.54) is 18.7 Å². The van der Waals surface area contributed by atoms with Gasteiger partial charge in [0.05, 0.1) is 29.4 Å². The third kappa shape index (κ3) is 6.36. The quantitative estimate of drug-likeness (QED) is 0.277. The van der Waals surface area contributed by atoms with Gasteiger partial charge in [0.2, 0.25) is 5.91 Å². The molecule has 3 aromatic rings. The zero-order valence-electron chi connectivity index (χ0n) is 20.0. The summed E-state index contributed by atoms with van der Waals surface area (Å²) in [6, 6.07) is 14.1. The smallest absolute Gasteiger partial charge is 0.262 e. The van der Waals surface area contributed by atoms with Gasteiger partial charge in [-0.05, 0) is 49.7 Å². The maximum Gasteiger partial charge on any atom is 0.262 e. The molecular weight excluding hydrogens is 464 g/mol. The summed E-state index contributed by atoms with van der Waals surface area (Å²) in [4.78, 5) is 44.8. The largest absolute Gasteiger partial charge is 0.379 e. The van der Waals surface area contributed by atoms with E-state index in [0.29, 0.717) is 33.9 Å². The average molecular weight is 495 g/mol. The van der Waals surface area contributed by atoms with Crippen LogP contribution in [-0.4, -0.2) is 64.2 Å². The highest BCUT2D eigenvalue weighted by molar-refractivity contribution is 8.00. The molecule has 1 N–H and O–H groups in total. The van der Waals surface area contributed by atoms with Gasteiger partial charge < -0.3 is 10.1 Å². The molecule has 1 aliphatic rings. The second-order valence-corrected chi connectivity index (χ2v) is 9.87. The monoisotopic (exact) mass is 494 g/mol. The van der Waals surface area contributed by atoms with Crippen molar-refractivity contribution in [3.8, 4) is 0 Å². The number of nitrogens with zero attached hydrogens (tertiary/aromatic N) is 3. The molecule has 0 saturated carbocycles. The molecule has 35 heavy (non-hydrogen) atoms. The molecule has 1 atom stereocenters. The molecular formula is C26H30N4O4S. The van der Waals surface area contributed by atoms with Gasteiger partial charge in [-0.1, -0.05) is 23.9 Å². The summed E-state index contributed by atoms with van der Waals surface area (Å²) in [6.45, 7) is 7.96. The molecule has 2 heterocycles. The summed E-state index contributed by atoms with van der Waals surface area (Å²) in [6.07, 6.45) is 0.806. The molecule has 1 aromatic heterocycles. The number of nitrogens with one attached hydrogen (secondary N) is 1. The van der Waals surface area contributed by atoms with Gasteiger partial charge in [-0.2, -0.15) is 0 Å². The fourth-order valence-corrected chi connectivity index (χ4v) is 5.09. The van der Waals surface area contributed by atoms with Crippen LogP contribution >= 0.6 is 11.8 Å². The Labute approximate surface area is 208 Å². The Kier molecular flexibility index (Phi) is 8.33. The van der Waals surface area contributed by atoms with Crippen molar-refractivity contribution in [2.45, 2.75) is 37.2 Å². The lowest BCUT2D eigenvalue weighted by molar-refractivity contribution is -0.114. The molecule has 1 aliphatic heterocycles. The number of anilines is 1. The number of fused-ring (bicyclic) bond motifs is 1. The first-order valence-corrected chi connectivity index (χ1v) is 12.7. The molecule has 0 bridgehead atoms. The average Bonchev–Trinajstić information content (AvgIpc) is 2.86. The molecule has 1 amide bonds. The van der Waals surface area contributed by atoms with Gasteiger partial charge in [0.25, 0.3) is 5.56 Å². The van der Waals surface area contributed by atoms with Crippen molar-refractivity contribution in [3.63, 3.8) is 0 Å². The van der Waals surface area contributed by atoms with Crippen LogP contribution in [0, 0.1) is 0 Å². The number of hydrogen-bond donors (Lipinski definition) is 1. The highest BCUT2D eigenvalue weighted by atomic mass is 32.2. The molecule has 1 fully saturated rings. The number of morpholine rings is 1. The first-order chi connectivity index (χ1) is 16.9. The van der Waals surface area contributed by atoms with Gasteiger partial charge in [0.15, 0.2) is 10.9 Å². The normalized spacial score (nSPS) is 15.1. The van der Waals surface area contributed by atoms with E-state index in [-0.39, 0.29) is 17.2 Å². The number of ether oxygens (including phenoxy) is 1. The van der Waals surface area contributed by atoms with E-state index < -0.39 is 5.25 Å². The number of ketones is 1. The number of carbonyl (C=O) groups excluding carboxylic acids is 2. The Morgan fingerprint density at radius 3 is 2.51 bits per heavy atom. The molecule has 1 unspecified atom stereocenters. The van der Waals surface area contributed by atoms with Gasteiger partial charge in [0, 0.05) is 44.4 Å². The first kappa shape index (κ1) is 25.1. The predicted molar refractivity (Wildman–Crippen MR) is 138 cm³/mol. The zero-order valence-corrected chi connectivity index (χ0v) is 20.8. The standard InChI is InChI=1S/C26H30N4O4S/c1-18(24(32)20-8-10-21(11-9-20)27-19(2)31)35-26-28-23-7-4-3-6-22(23)25(33)30(26)13-5-12-29-14-16-34-17-15-29/h3-4,6-11,18H,5,12-17H2,1-2H3,(H,27,31). The summed E-state index contributed by atoms with van der Waals surface area (Å²) in [5.74, 6) is -0.228. The van der Waals surface area contributed by atoms with Crippen molar-refractivity contribution < 1.29 is 14.3 Å². The van der Waals surface area contributed by atoms with Gasteiger partial charge in [-0.3, -0.25) is 23.9 Å². The SMILES string of the molecule is CC(=O)Nc1ccc(C(=O)C(C)Sc2nc3ccccc3c(=O)n2CCCN2CCOCC2)cc1. The maximum absolute atomic E-state index is 13.3. The first-order valence-electron chi connectivity index (χ1n) is 11.8. The Morgan fingerprint density at radius 1 is 1.09 bits per heavy atom. The van der Waals surface area contributed by atoms with Gasteiger partial charge in [-0.15, -0.1) is 0 Å². The van der Waals surface area contributed by atoms with Crippen LogP contribution in [0.5, 0.6) is 0 Å². The summed E-state index contributed by atoms with van der Waals surface area (Å²) in [5.41, 5.74) is 1.73. The Morgan fingerprint density at radius 2 is 1.80 bits per heavy atom. The molecule has 184 valence electrons. The molecule has 0 spiro atoms. The van der Waals surface area contributed by atoms with Crippen LogP contribution in [0.1, 0.15) is 30.6 Å². The van der Waals surface area contributed by atoms with Crippen molar-refractivity contribution in [1.82, 2.24) is 14.5 Å². The minimum absolute atomic E-state index is 0.0633. The van der Waals surface area contributed by atoms with Crippen LogP contribution in [0.15, 0.2) is 58.5 Å². The van der Waals surface area contributed by atoms with Crippen molar-refractivity contribution >= 4 is 40.0 Å². The summed E-state index contributed by atoms with van der Waals surface area (Å²) in [7, 11) is 0. The van der Waals surface area contributed by atoms with Crippen molar-refractivity contribution in [1.29, 1.82) is 0 Å². The fourth-order valence-electron chi connectivity index (χ4n) is 4.08. The van der Waals surface area contributed by atoms with Crippen molar-refractivity contribution in [2.24, 2.45) is 0 Å².